The number of fused-ring (bicyclic) bond motifs is 1. The molecule has 0 saturated heterocycles. The van der Waals surface area contributed by atoms with Crippen molar-refractivity contribution in [1.82, 2.24) is 0 Å². The van der Waals surface area contributed by atoms with E-state index in [1.165, 1.54) is 11.1 Å². The molecule has 0 saturated carbocycles. The lowest BCUT2D eigenvalue weighted by Crippen LogP contribution is -2.44. The zero-order valence-corrected chi connectivity index (χ0v) is 20.0. The summed E-state index contributed by atoms with van der Waals surface area (Å²) in [4.78, 5) is 0. The van der Waals surface area contributed by atoms with Gasteiger partial charge in [-0.3, -0.25) is 0 Å². The van der Waals surface area contributed by atoms with Crippen LogP contribution < -0.4 is 9.16 Å². The maximum absolute atomic E-state index is 12.4. The number of hydrogen-bond donors (Lipinski definition) is 0. The van der Waals surface area contributed by atoms with E-state index in [2.05, 4.69) is 54.6 Å². The lowest BCUT2D eigenvalue weighted by Gasteiger charge is -2.41. The summed E-state index contributed by atoms with van der Waals surface area (Å²) < 4.78 is 37.9. The minimum atomic E-state index is -1.95. The first kappa shape index (κ1) is 22.9. The standard InChI is InChI=1S/C23H36F2O2Si/c1-15-16(2)21-18(12-14-23(7,26-21)13-10-11-19(24)25)17(3)20(15)27-28(8,9)22(4,5)6/h11H,10,12-14H2,1-9H3/t23-/m1/s1. The molecule has 0 radical (unpaired) electrons. The summed E-state index contributed by atoms with van der Waals surface area (Å²) in [6.45, 7) is 19.6. The number of allylic oxidation sites excluding steroid dienone is 1. The molecule has 1 aliphatic heterocycles. The molecule has 2 rings (SSSR count). The molecule has 0 aromatic heterocycles. The van der Waals surface area contributed by atoms with Gasteiger partial charge < -0.3 is 9.16 Å². The highest BCUT2D eigenvalue weighted by atomic mass is 28.4. The Hall–Kier alpha value is -1.36. The summed E-state index contributed by atoms with van der Waals surface area (Å²) in [6.07, 6.45) is 2.00. The second-order valence-electron chi connectivity index (χ2n) is 9.96. The van der Waals surface area contributed by atoms with Gasteiger partial charge in [0.15, 0.2) is 0 Å². The Bertz CT molecular complexity index is 774. The van der Waals surface area contributed by atoms with Crippen LogP contribution in [-0.2, 0) is 6.42 Å². The van der Waals surface area contributed by atoms with Gasteiger partial charge in [0.2, 0.25) is 0 Å². The van der Waals surface area contributed by atoms with E-state index >= 15 is 0 Å². The Morgan fingerprint density at radius 1 is 1.14 bits per heavy atom. The minimum Gasteiger partial charge on any atom is -0.543 e. The Morgan fingerprint density at radius 2 is 1.75 bits per heavy atom. The van der Waals surface area contributed by atoms with Gasteiger partial charge in [-0.1, -0.05) is 20.8 Å². The molecule has 0 fully saturated rings. The van der Waals surface area contributed by atoms with Crippen molar-refractivity contribution in [2.45, 2.75) is 97.9 Å². The summed E-state index contributed by atoms with van der Waals surface area (Å²) in [7, 11) is -1.95. The van der Waals surface area contributed by atoms with Crippen molar-refractivity contribution < 1.29 is 17.9 Å². The number of rotatable bonds is 5. The maximum Gasteiger partial charge on any atom is 0.266 e. The highest BCUT2D eigenvalue weighted by Gasteiger charge is 2.41. The first-order valence-corrected chi connectivity index (χ1v) is 13.1. The van der Waals surface area contributed by atoms with Gasteiger partial charge in [0, 0.05) is 5.56 Å². The van der Waals surface area contributed by atoms with E-state index in [9.17, 15) is 8.78 Å². The van der Waals surface area contributed by atoms with Crippen molar-refractivity contribution in [2.24, 2.45) is 0 Å². The van der Waals surface area contributed by atoms with Crippen molar-refractivity contribution in [3.63, 3.8) is 0 Å². The van der Waals surface area contributed by atoms with Crippen molar-refractivity contribution in [3.8, 4) is 11.5 Å². The van der Waals surface area contributed by atoms with Gasteiger partial charge in [-0.05, 0) is 94.3 Å². The molecule has 0 aliphatic carbocycles. The predicted molar refractivity (Wildman–Crippen MR) is 115 cm³/mol. The van der Waals surface area contributed by atoms with E-state index in [-0.39, 0.29) is 5.04 Å². The summed E-state index contributed by atoms with van der Waals surface area (Å²) in [5, 5.41) is 0.129. The normalized spacial score (nSPS) is 19.7. The molecule has 158 valence electrons. The fraction of sp³-hybridized carbons (Fsp3) is 0.652. The van der Waals surface area contributed by atoms with E-state index in [4.69, 9.17) is 9.16 Å². The second-order valence-corrected chi connectivity index (χ2v) is 14.7. The zero-order chi connectivity index (χ0) is 21.5. The average Bonchev–Trinajstić information content (AvgIpc) is 2.55. The van der Waals surface area contributed by atoms with Gasteiger partial charge >= 0.3 is 0 Å². The van der Waals surface area contributed by atoms with Crippen LogP contribution in [0.2, 0.25) is 18.1 Å². The van der Waals surface area contributed by atoms with Crippen LogP contribution in [0, 0.1) is 20.8 Å². The van der Waals surface area contributed by atoms with Gasteiger partial charge in [0.1, 0.15) is 17.1 Å². The highest BCUT2D eigenvalue weighted by Crippen LogP contribution is 2.47. The largest absolute Gasteiger partial charge is 0.543 e. The van der Waals surface area contributed by atoms with E-state index in [1.807, 2.05) is 6.92 Å². The fourth-order valence-corrected chi connectivity index (χ4v) is 4.63. The van der Waals surface area contributed by atoms with E-state index in [0.717, 1.165) is 41.5 Å². The van der Waals surface area contributed by atoms with Crippen LogP contribution >= 0.6 is 0 Å². The van der Waals surface area contributed by atoms with Crippen LogP contribution in [0.15, 0.2) is 12.2 Å². The molecule has 0 unspecified atom stereocenters. The number of ether oxygens (including phenoxy) is 1. The van der Waals surface area contributed by atoms with Crippen molar-refractivity contribution in [3.05, 3.63) is 34.4 Å². The summed E-state index contributed by atoms with van der Waals surface area (Å²) in [5.74, 6) is 1.94. The minimum absolute atomic E-state index is 0.129. The number of hydrogen-bond acceptors (Lipinski definition) is 2. The van der Waals surface area contributed by atoms with Crippen molar-refractivity contribution in [1.29, 1.82) is 0 Å². The lowest BCUT2D eigenvalue weighted by atomic mass is 9.85. The van der Waals surface area contributed by atoms with Crippen LogP contribution in [0.25, 0.3) is 0 Å². The van der Waals surface area contributed by atoms with Gasteiger partial charge in [-0.15, -0.1) is 0 Å². The van der Waals surface area contributed by atoms with Crippen LogP contribution in [0.4, 0.5) is 8.78 Å². The van der Waals surface area contributed by atoms with E-state index in [1.54, 1.807) is 0 Å². The second kappa shape index (κ2) is 7.81. The van der Waals surface area contributed by atoms with E-state index in [0.29, 0.717) is 12.8 Å². The predicted octanol–water partition coefficient (Wildman–Crippen LogP) is 7.64. The summed E-state index contributed by atoms with van der Waals surface area (Å²) >= 11 is 0. The monoisotopic (exact) mass is 410 g/mol. The van der Waals surface area contributed by atoms with Crippen LogP contribution in [0.1, 0.15) is 69.2 Å². The quantitative estimate of drug-likeness (QED) is 0.464. The van der Waals surface area contributed by atoms with Gasteiger partial charge in [0.25, 0.3) is 14.4 Å². The Morgan fingerprint density at radius 3 is 2.29 bits per heavy atom. The molecule has 0 spiro atoms. The third-order valence-electron chi connectivity index (χ3n) is 6.70. The molecule has 2 nitrogen and oxygen atoms in total. The molecular formula is C23H36F2O2Si. The van der Waals surface area contributed by atoms with Crippen LogP contribution in [0.5, 0.6) is 11.5 Å². The third kappa shape index (κ3) is 4.61. The lowest BCUT2D eigenvalue weighted by molar-refractivity contribution is 0.0557. The molecule has 1 aliphatic rings. The molecule has 0 bridgehead atoms. The number of benzene rings is 1. The van der Waals surface area contributed by atoms with Crippen molar-refractivity contribution in [2.75, 3.05) is 0 Å². The fourth-order valence-electron chi connectivity index (χ4n) is 3.51. The first-order valence-electron chi connectivity index (χ1n) is 10.2. The maximum atomic E-state index is 12.4. The van der Waals surface area contributed by atoms with Crippen LogP contribution in [0.3, 0.4) is 0 Å². The Kier molecular flexibility index (Phi) is 6.39. The Balaban J connectivity index is 2.39. The SMILES string of the molecule is Cc1c(C)c2c(c(C)c1O[Si](C)(C)C(C)(C)C)CC[C@@](C)(CCC=C(F)F)O2. The zero-order valence-electron chi connectivity index (χ0n) is 19.0. The summed E-state index contributed by atoms with van der Waals surface area (Å²) in [6, 6.07) is 0. The Labute approximate surface area is 170 Å². The molecule has 1 heterocycles. The molecular weight excluding hydrogens is 374 g/mol. The van der Waals surface area contributed by atoms with Crippen LogP contribution in [-0.4, -0.2) is 13.9 Å². The summed E-state index contributed by atoms with van der Waals surface area (Å²) in [5.41, 5.74) is 4.19. The average molecular weight is 411 g/mol. The van der Waals surface area contributed by atoms with Gasteiger partial charge in [-0.25, -0.2) is 0 Å². The first-order chi connectivity index (χ1) is 12.7. The van der Waals surface area contributed by atoms with Gasteiger partial charge in [0.05, 0.1) is 0 Å². The van der Waals surface area contributed by atoms with E-state index < -0.39 is 20.0 Å². The number of halogens is 2. The molecule has 1 aromatic rings. The third-order valence-corrected chi connectivity index (χ3v) is 11.0. The smallest absolute Gasteiger partial charge is 0.266 e. The highest BCUT2D eigenvalue weighted by molar-refractivity contribution is 6.74. The topological polar surface area (TPSA) is 18.5 Å². The van der Waals surface area contributed by atoms with Gasteiger partial charge in [-0.2, -0.15) is 8.78 Å². The molecule has 1 aromatic carbocycles. The molecule has 28 heavy (non-hydrogen) atoms. The molecule has 0 amide bonds. The van der Waals surface area contributed by atoms with Crippen molar-refractivity contribution >= 4 is 8.32 Å². The molecule has 1 atom stereocenters. The molecule has 5 heteroatoms. The molecule has 0 N–H and O–H groups in total.